The summed E-state index contributed by atoms with van der Waals surface area (Å²) in [5.41, 5.74) is 11.4. The summed E-state index contributed by atoms with van der Waals surface area (Å²) >= 11 is 0. The zero-order chi connectivity index (χ0) is 37.7. The second-order valence-electron chi connectivity index (χ2n) is 14.4. The minimum absolute atomic E-state index is 0.626. The van der Waals surface area contributed by atoms with Gasteiger partial charge < -0.3 is 4.42 Å². The number of hydrogen-bond donors (Lipinski definition) is 0. The van der Waals surface area contributed by atoms with Crippen LogP contribution in [-0.2, 0) is 0 Å². The molecule has 0 N–H and O–H groups in total. The van der Waals surface area contributed by atoms with E-state index >= 15 is 0 Å². The van der Waals surface area contributed by atoms with Crippen LogP contribution in [0.25, 0.3) is 111 Å². The highest BCUT2D eigenvalue weighted by Crippen LogP contribution is 2.42. The Morgan fingerprint density at radius 2 is 0.807 bits per heavy atom. The van der Waals surface area contributed by atoms with E-state index in [0.717, 1.165) is 71.7 Å². The molecule has 0 spiro atoms. The molecule has 2 heterocycles. The van der Waals surface area contributed by atoms with Crippen LogP contribution in [0.4, 0.5) is 0 Å². The van der Waals surface area contributed by atoms with E-state index in [-0.39, 0.29) is 0 Å². The Morgan fingerprint density at radius 3 is 1.58 bits per heavy atom. The van der Waals surface area contributed by atoms with Crippen LogP contribution in [0.3, 0.4) is 0 Å². The lowest BCUT2D eigenvalue weighted by Crippen LogP contribution is -2.00. The van der Waals surface area contributed by atoms with Crippen LogP contribution < -0.4 is 0 Å². The van der Waals surface area contributed by atoms with Crippen molar-refractivity contribution in [3.05, 3.63) is 200 Å². The Bertz CT molecular complexity index is 3280. The van der Waals surface area contributed by atoms with Crippen molar-refractivity contribution in [1.82, 2.24) is 15.0 Å². The third-order valence-electron chi connectivity index (χ3n) is 10.9. The van der Waals surface area contributed by atoms with Gasteiger partial charge >= 0.3 is 0 Å². The maximum absolute atomic E-state index is 6.50. The van der Waals surface area contributed by atoms with Gasteiger partial charge in [0.25, 0.3) is 0 Å². The lowest BCUT2D eigenvalue weighted by molar-refractivity contribution is 0.669. The summed E-state index contributed by atoms with van der Waals surface area (Å²) in [5.74, 6) is 1.89. The fourth-order valence-corrected chi connectivity index (χ4v) is 8.12. The first-order valence-electron chi connectivity index (χ1n) is 19.2. The molecule has 57 heavy (non-hydrogen) atoms. The first-order valence-corrected chi connectivity index (χ1v) is 19.2. The molecule has 0 aliphatic carbocycles. The van der Waals surface area contributed by atoms with E-state index in [1.54, 1.807) is 0 Å². The lowest BCUT2D eigenvalue weighted by atomic mass is 9.92. The fourth-order valence-electron chi connectivity index (χ4n) is 8.12. The van der Waals surface area contributed by atoms with Gasteiger partial charge in [0.05, 0.1) is 0 Å². The second kappa shape index (κ2) is 13.6. The lowest BCUT2D eigenvalue weighted by Gasteiger charge is -2.13. The molecule has 4 nitrogen and oxygen atoms in total. The minimum atomic E-state index is 0.626. The van der Waals surface area contributed by atoms with Crippen molar-refractivity contribution in [1.29, 1.82) is 0 Å². The Hall–Kier alpha value is -7.69. The quantitative estimate of drug-likeness (QED) is 0.171. The zero-order valence-electron chi connectivity index (χ0n) is 30.8. The summed E-state index contributed by atoms with van der Waals surface area (Å²) < 4.78 is 6.50. The fraction of sp³-hybridized carbons (Fsp3) is 0. The second-order valence-corrected chi connectivity index (χ2v) is 14.4. The summed E-state index contributed by atoms with van der Waals surface area (Å²) in [6.45, 7) is 0. The van der Waals surface area contributed by atoms with E-state index in [4.69, 9.17) is 19.4 Å². The van der Waals surface area contributed by atoms with Gasteiger partial charge in [-0.3, -0.25) is 0 Å². The van der Waals surface area contributed by atoms with Crippen LogP contribution in [0.15, 0.2) is 205 Å². The van der Waals surface area contributed by atoms with Gasteiger partial charge in [0.1, 0.15) is 11.2 Å². The van der Waals surface area contributed by atoms with E-state index in [1.165, 1.54) is 21.9 Å². The molecule has 0 aliphatic heterocycles. The van der Waals surface area contributed by atoms with Crippen LogP contribution in [0.2, 0.25) is 0 Å². The number of fused-ring (bicyclic) bond motifs is 5. The number of aromatic nitrogens is 3. The summed E-state index contributed by atoms with van der Waals surface area (Å²) in [5, 5.41) is 6.82. The molecule has 0 bridgehead atoms. The molecule has 0 saturated carbocycles. The molecule has 4 heteroatoms. The van der Waals surface area contributed by atoms with Gasteiger partial charge in [-0.2, -0.15) is 0 Å². The monoisotopic (exact) mass is 727 g/mol. The smallest absolute Gasteiger partial charge is 0.164 e. The maximum atomic E-state index is 6.50. The van der Waals surface area contributed by atoms with Crippen LogP contribution >= 0.6 is 0 Å². The SMILES string of the molecule is c1ccc(-c2ccc(-c3nc(-c4ccccc4)nc(-c4cccc5c(-c6cccc7oc8ccc(-c9ccc%10ccccc%10c9)cc8c67)cccc45)n3)cc2)cc1. The molecule has 0 saturated heterocycles. The number of benzene rings is 9. The highest BCUT2D eigenvalue weighted by molar-refractivity contribution is 6.17. The number of hydrogen-bond acceptors (Lipinski definition) is 4. The number of nitrogens with zero attached hydrogens (tertiary/aromatic N) is 3. The van der Waals surface area contributed by atoms with Gasteiger partial charge in [-0.25, -0.2) is 15.0 Å². The van der Waals surface area contributed by atoms with Crippen molar-refractivity contribution in [2.24, 2.45) is 0 Å². The summed E-state index contributed by atoms with van der Waals surface area (Å²) in [6.07, 6.45) is 0. The van der Waals surface area contributed by atoms with Crippen molar-refractivity contribution in [2.75, 3.05) is 0 Å². The predicted molar refractivity (Wildman–Crippen MR) is 235 cm³/mol. The van der Waals surface area contributed by atoms with Gasteiger partial charge in [0, 0.05) is 27.5 Å². The normalized spacial score (nSPS) is 11.5. The molecular weight excluding hydrogens is 695 g/mol. The van der Waals surface area contributed by atoms with Crippen LogP contribution in [0.1, 0.15) is 0 Å². The van der Waals surface area contributed by atoms with Crippen molar-refractivity contribution in [3.8, 4) is 67.5 Å². The molecule has 0 amide bonds. The molecule has 0 fully saturated rings. The third-order valence-corrected chi connectivity index (χ3v) is 10.9. The van der Waals surface area contributed by atoms with Crippen LogP contribution in [0.5, 0.6) is 0 Å². The van der Waals surface area contributed by atoms with E-state index in [2.05, 4.69) is 164 Å². The predicted octanol–water partition coefficient (Wildman–Crippen LogP) is 14.1. The largest absolute Gasteiger partial charge is 0.456 e. The van der Waals surface area contributed by atoms with Gasteiger partial charge in [0.15, 0.2) is 17.5 Å². The molecule has 9 aromatic carbocycles. The van der Waals surface area contributed by atoms with Gasteiger partial charge in [-0.05, 0) is 79.2 Å². The highest BCUT2D eigenvalue weighted by Gasteiger charge is 2.19. The van der Waals surface area contributed by atoms with Crippen LogP contribution in [-0.4, -0.2) is 15.0 Å². The van der Waals surface area contributed by atoms with Crippen molar-refractivity contribution in [2.45, 2.75) is 0 Å². The summed E-state index contributed by atoms with van der Waals surface area (Å²) in [6, 6.07) is 69.9. The average Bonchev–Trinajstić information content (AvgIpc) is 3.67. The van der Waals surface area contributed by atoms with Gasteiger partial charge in [0.2, 0.25) is 0 Å². The van der Waals surface area contributed by atoms with E-state index < -0.39 is 0 Å². The van der Waals surface area contributed by atoms with Crippen molar-refractivity contribution in [3.63, 3.8) is 0 Å². The Balaban J connectivity index is 1.06. The third kappa shape index (κ3) is 5.83. The topological polar surface area (TPSA) is 51.8 Å². The van der Waals surface area contributed by atoms with E-state index in [9.17, 15) is 0 Å². The van der Waals surface area contributed by atoms with Gasteiger partial charge in [-0.1, -0.05) is 176 Å². The van der Waals surface area contributed by atoms with E-state index in [1.807, 2.05) is 36.4 Å². The molecule has 2 aromatic heterocycles. The molecule has 11 aromatic rings. The Kier molecular flexibility index (Phi) is 7.78. The van der Waals surface area contributed by atoms with E-state index in [0.29, 0.717) is 17.5 Å². The molecule has 0 aliphatic rings. The first kappa shape index (κ1) is 32.7. The average molecular weight is 728 g/mol. The number of rotatable bonds is 6. The molecular formula is C53H33N3O. The molecule has 0 unspecified atom stereocenters. The molecule has 11 rings (SSSR count). The van der Waals surface area contributed by atoms with Crippen molar-refractivity contribution < 1.29 is 4.42 Å². The van der Waals surface area contributed by atoms with Crippen molar-refractivity contribution >= 4 is 43.5 Å². The Labute approximate surface area is 329 Å². The summed E-state index contributed by atoms with van der Waals surface area (Å²) in [7, 11) is 0. The molecule has 266 valence electrons. The summed E-state index contributed by atoms with van der Waals surface area (Å²) in [4.78, 5) is 15.3. The zero-order valence-corrected chi connectivity index (χ0v) is 30.8. The number of furan rings is 1. The molecule has 0 atom stereocenters. The van der Waals surface area contributed by atoms with Crippen LogP contribution in [0, 0.1) is 0 Å². The standard InChI is InChI=1S/C53H33N3O/c1-3-12-34(13-4-1)36-24-27-38(28-25-36)52-54-51(37-15-5-2-6-16-37)55-53(56-52)46-22-10-18-42-43(19-9-20-44(42)46)45-21-11-23-49-50(45)47-33-41(30-31-48(47)57-49)40-29-26-35-14-7-8-17-39(35)32-40/h1-33H. The Morgan fingerprint density at radius 1 is 0.281 bits per heavy atom. The minimum Gasteiger partial charge on any atom is -0.456 e. The highest BCUT2D eigenvalue weighted by atomic mass is 16.3. The maximum Gasteiger partial charge on any atom is 0.164 e. The molecule has 0 radical (unpaired) electrons. The first-order chi connectivity index (χ1) is 28.2. The van der Waals surface area contributed by atoms with Gasteiger partial charge in [-0.15, -0.1) is 0 Å².